The predicted molar refractivity (Wildman–Crippen MR) is 73.8 cm³/mol. The fourth-order valence-corrected chi connectivity index (χ4v) is 2.21. The third kappa shape index (κ3) is 2.39. The molecule has 0 aliphatic heterocycles. The van der Waals surface area contributed by atoms with Crippen molar-refractivity contribution in [3.8, 4) is 5.75 Å². The molecule has 1 aromatic carbocycles. The van der Waals surface area contributed by atoms with Crippen LogP contribution in [0.15, 0.2) is 42.6 Å². The molecule has 0 aliphatic carbocycles. The number of halogens is 1. The minimum atomic E-state index is 0.689. The third-order valence-electron chi connectivity index (χ3n) is 2.94. The van der Waals surface area contributed by atoms with Gasteiger partial charge in [-0.1, -0.05) is 23.7 Å². The maximum Gasteiger partial charge on any atom is 0.164 e. The lowest BCUT2D eigenvalue weighted by atomic mass is 10.1. The zero-order valence-corrected chi connectivity index (χ0v) is 11.1. The maximum absolute atomic E-state index is 5.98. The third-order valence-corrected chi connectivity index (χ3v) is 3.17. The second-order valence-corrected chi connectivity index (χ2v) is 4.65. The zero-order chi connectivity index (χ0) is 13.2. The van der Waals surface area contributed by atoms with E-state index in [9.17, 15) is 0 Å². The highest BCUT2D eigenvalue weighted by Crippen LogP contribution is 2.17. The average Bonchev–Trinajstić information content (AvgIpc) is 2.81. The van der Waals surface area contributed by atoms with Gasteiger partial charge in [0.1, 0.15) is 11.6 Å². The van der Waals surface area contributed by atoms with Crippen molar-refractivity contribution in [2.24, 2.45) is 0 Å². The molecule has 0 unspecified atom stereocenters. The molecule has 0 bridgehead atoms. The molecule has 0 saturated heterocycles. The number of aromatic nitrogens is 3. The summed E-state index contributed by atoms with van der Waals surface area (Å²) >= 11 is 5.98. The van der Waals surface area contributed by atoms with Crippen molar-refractivity contribution in [3.05, 3.63) is 59.0 Å². The summed E-state index contributed by atoms with van der Waals surface area (Å²) in [5, 5.41) is 9.09. The molecule has 19 heavy (non-hydrogen) atoms. The Bertz CT molecular complexity index is 724. The highest BCUT2D eigenvalue weighted by molar-refractivity contribution is 6.30. The number of hydrogen-bond donors (Lipinski definition) is 0. The fourth-order valence-electron chi connectivity index (χ4n) is 2.00. The van der Waals surface area contributed by atoms with Crippen molar-refractivity contribution in [2.45, 2.75) is 6.42 Å². The topological polar surface area (TPSA) is 39.4 Å². The molecular weight excluding hydrogens is 262 g/mol. The first-order valence-electron chi connectivity index (χ1n) is 5.88. The van der Waals surface area contributed by atoms with Gasteiger partial charge in [-0.2, -0.15) is 0 Å². The van der Waals surface area contributed by atoms with Crippen LogP contribution in [0.4, 0.5) is 0 Å². The molecule has 0 amide bonds. The first-order valence-corrected chi connectivity index (χ1v) is 6.26. The summed E-state index contributed by atoms with van der Waals surface area (Å²) in [5.74, 6) is 1.65. The molecule has 4 nitrogen and oxygen atoms in total. The van der Waals surface area contributed by atoms with Crippen molar-refractivity contribution >= 4 is 17.2 Å². The molecule has 0 aliphatic rings. The summed E-state index contributed by atoms with van der Waals surface area (Å²) in [6.07, 6.45) is 2.60. The van der Waals surface area contributed by atoms with Gasteiger partial charge >= 0.3 is 0 Å². The van der Waals surface area contributed by atoms with Gasteiger partial charge in [-0.3, -0.25) is 4.40 Å². The maximum atomic E-state index is 5.98. The van der Waals surface area contributed by atoms with Crippen molar-refractivity contribution in [1.29, 1.82) is 0 Å². The summed E-state index contributed by atoms with van der Waals surface area (Å²) < 4.78 is 7.11. The lowest BCUT2D eigenvalue weighted by molar-refractivity contribution is 0.414. The summed E-state index contributed by atoms with van der Waals surface area (Å²) in [4.78, 5) is 0. The van der Waals surface area contributed by atoms with Crippen LogP contribution >= 0.6 is 11.6 Å². The first kappa shape index (κ1) is 12.0. The number of nitrogens with zero attached hydrogens (tertiary/aromatic N) is 3. The van der Waals surface area contributed by atoms with E-state index in [1.807, 2.05) is 47.0 Å². The Kier molecular flexibility index (Phi) is 3.09. The monoisotopic (exact) mass is 273 g/mol. The Morgan fingerprint density at radius 1 is 1.21 bits per heavy atom. The Balaban J connectivity index is 1.97. The highest BCUT2D eigenvalue weighted by Gasteiger charge is 2.07. The van der Waals surface area contributed by atoms with E-state index in [-0.39, 0.29) is 0 Å². The molecule has 0 N–H and O–H groups in total. The van der Waals surface area contributed by atoms with Crippen LogP contribution in [0.1, 0.15) is 11.4 Å². The van der Waals surface area contributed by atoms with Crippen LogP contribution in [0.2, 0.25) is 5.02 Å². The van der Waals surface area contributed by atoms with Gasteiger partial charge in [-0.15, -0.1) is 10.2 Å². The van der Waals surface area contributed by atoms with Gasteiger partial charge in [0.25, 0.3) is 0 Å². The molecule has 3 aromatic rings. The SMILES string of the molecule is COc1ccn2c(Cc3cccc(Cl)c3)nnc2c1. The first-order chi connectivity index (χ1) is 9.26. The van der Waals surface area contributed by atoms with E-state index in [0.717, 1.165) is 27.8 Å². The van der Waals surface area contributed by atoms with Crippen LogP contribution in [-0.4, -0.2) is 21.7 Å². The van der Waals surface area contributed by atoms with Crippen molar-refractivity contribution in [3.63, 3.8) is 0 Å². The van der Waals surface area contributed by atoms with E-state index in [1.165, 1.54) is 0 Å². The summed E-state index contributed by atoms with van der Waals surface area (Å²) in [5.41, 5.74) is 1.88. The Labute approximate surface area is 115 Å². The number of hydrogen-bond acceptors (Lipinski definition) is 3. The van der Waals surface area contributed by atoms with E-state index in [1.54, 1.807) is 7.11 Å². The quantitative estimate of drug-likeness (QED) is 0.736. The van der Waals surface area contributed by atoms with Gasteiger partial charge in [-0.25, -0.2) is 0 Å². The van der Waals surface area contributed by atoms with Gasteiger partial charge in [-0.05, 0) is 23.8 Å². The molecular formula is C14H12ClN3O. The molecule has 0 spiro atoms. The molecule has 3 rings (SSSR count). The summed E-state index contributed by atoms with van der Waals surface area (Å²) in [6, 6.07) is 11.5. The van der Waals surface area contributed by atoms with Crippen molar-refractivity contribution in [2.75, 3.05) is 7.11 Å². The van der Waals surface area contributed by atoms with Crippen LogP contribution in [0.25, 0.3) is 5.65 Å². The minimum absolute atomic E-state index is 0.689. The molecule has 5 heteroatoms. The fraction of sp³-hybridized carbons (Fsp3) is 0.143. The van der Waals surface area contributed by atoms with Crippen LogP contribution in [-0.2, 0) is 6.42 Å². The van der Waals surface area contributed by atoms with Gasteiger partial charge in [0.15, 0.2) is 5.65 Å². The minimum Gasteiger partial charge on any atom is -0.497 e. The van der Waals surface area contributed by atoms with Gasteiger partial charge in [0.05, 0.1) is 7.11 Å². The molecule has 2 aromatic heterocycles. The molecule has 0 atom stereocenters. The average molecular weight is 274 g/mol. The number of ether oxygens (including phenoxy) is 1. The van der Waals surface area contributed by atoms with Crippen LogP contribution in [0, 0.1) is 0 Å². The van der Waals surface area contributed by atoms with Gasteiger partial charge < -0.3 is 4.74 Å². The smallest absolute Gasteiger partial charge is 0.164 e. The molecule has 2 heterocycles. The Morgan fingerprint density at radius 2 is 2.11 bits per heavy atom. The standard InChI is InChI=1S/C14H12ClN3O/c1-19-12-5-6-18-13(16-17-14(18)9-12)8-10-3-2-4-11(15)7-10/h2-7,9H,8H2,1H3. The second-order valence-electron chi connectivity index (χ2n) is 4.22. The largest absolute Gasteiger partial charge is 0.497 e. The van der Waals surface area contributed by atoms with E-state index >= 15 is 0 Å². The van der Waals surface area contributed by atoms with E-state index in [2.05, 4.69) is 10.2 Å². The lowest BCUT2D eigenvalue weighted by Gasteiger charge is -2.02. The van der Waals surface area contributed by atoms with E-state index < -0.39 is 0 Å². The Morgan fingerprint density at radius 3 is 2.89 bits per heavy atom. The number of benzene rings is 1. The highest BCUT2D eigenvalue weighted by atomic mass is 35.5. The predicted octanol–water partition coefficient (Wildman–Crippen LogP) is 2.98. The number of pyridine rings is 1. The van der Waals surface area contributed by atoms with E-state index in [0.29, 0.717) is 6.42 Å². The van der Waals surface area contributed by atoms with Crippen molar-refractivity contribution in [1.82, 2.24) is 14.6 Å². The van der Waals surface area contributed by atoms with E-state index in [4.69, 9.17) is 16.3 Å². The molecule has 0 saturated carbocycles. The normalized spacial score (nSPS) is 10.8. The van der Waals surface area contributed by atoms with Crippen LogP contribution in [0.3, 0.4) is 0 Å². The Hall–Kier alpha value is -2.07. The van der Waals surface area contributed by atoms with Gasteiger partial charge in [0.2, 0.25) is 0 Å². The molecule has 0 radical (unpaired) electrons. The van der Waals surface area contributed by atoms with Crippen LogP contribution in [0.5, 0.6) is 5.75 Å². The zero-order valence-electron chi connectivity index (χ0n) is 10.4. The number of methoxy groups -OCH3 is 1. The summed E-state index contributed by atoms with van der Waals surface area (Å²) in [6.45, 7) is 0. The second kappa shape index (κ2) is 4.90. The number of fused-ring (bicyclic) bond motifs is 1. The van der Waals surface area contributed by atoms with Crippen LogP contribution < -0.4 is 4.74 Å². The number of rotatable bonds is 3. The summed E-state index contributed by atoms with van der Waals surface area (Å²) in [7, 11) is 1.63. The molecule has 96 valence electrons. The lowest BCUT2D eigenvalue weighted by Crippen LogP contribution is -1.96. The van der Waals surface area contributed by atoms with Crippen molar-refractivity contribution < 1.29 is 4.74 Å². The van der Waals surface area contributed by atoms with Gasteiger partial charge in [0, 0.05) is 23.7 Å². The molecule has 0 fully saturated rings.